The zero-order chi connectivity index (χ0) is 17.8. The van der Waals surface area contributed by atoms with Gasteiger partial charge >= 0.3 is 5.97 Å². The molecule has 0 unspecified atom stereocenters. The maximum atomic E-state index is 11.8. The molecule has 0 radical (unpaired) electrons. The van der Waals surface area contributed by atoms with Gasteiger partial charge in [0.1, 0.15) is 12.4 Å². The molecule has 0 aromatic heterocycles. The van der Waals surface area contributed by atoms with Crippen molar-refractivity contribution >= 4 is 21.7 Å². The maximum absolute atomic E-state index is 11.8. The summed E-state index contributed by atoms with van der Waals surface area (Å²) >= 11 is 0. The zero-order valence-electron chi connectivity index (χ0n) is 13.4. The van der Waals surface area contributed by atoms with Gasteiger partial charge in [0.15, 0.2) is 9.84 Å². The van der Waals surface area contributed by atoms with Gasteiger partial charge in [-0.05, 0) is 37.1 Å². The van der Waals surface area contributed by atoms with Gasteiger partial charge in [0, 0.05) is 12.7 Å². The van der Waals surface area contributed by atoms with Crippen molar-refractivity contribution in [2.24, 2.45) is 5.41 Å². The molecule has 1 aromatic carbocycles. The van der Waals surface area contributed by atoms with Crippen LogP contribution in [-0.2, 0) is 19.4 Å². The summed E-state index contributed by atoms with van der Waals surface area (Å²) in [5, 5.41) is 11.8. The lowest BCUT2D eigenvalue weighted by Gasteiger charge is -2.36. The van der Waals surface area contributed by atoms with Gasteiger partial charge in [-0.1, -0.05) is 6.42 Å². The highest BCUT2D eigenvalue weighted by molar-refractivity contribution is 7.90. The second-order valence-electron chi connectivity index (χ2n) is 6.06. The molecule has 0 heterocycles. The number of carbonyl (C=O) groups excluding carboxylic acids is 1. The number of carboxylic acids is 1. The molecule has 1 saturated carbocycles. The molecule has 0 bridgehead atoms. The van der Waals surface area contributed by atoms with Crippen molar-refractivity contribution in [3.05, 3.63) is 24.3 Å². The highest BCUT2D eigenvalue weighted by atomic mass is 32.2. The topological polar surface area (TPSA) is 110 Å². The Morgan fingerprint density at radius 2 is 1.88 bits per heavy atom. The van der Waals surface area contributed by atoms with Crippen molar-refractivity contribution in [1.29, 1.82) is 0 Å². The molecule has 2 rings (SSSR count). The number of hydrogen-bond donors (Lipinski definition) is 2. The zero-order valence-corrected chi connectivity index (χ0v) is 14.3. The molecule has 1 aliphatic rings. The highest BCUT2D eigenvalue weighted by Gasteiger charge is 2.45. The summed E-state index contributed by atoms with van der Waals surface area (Å²) in [5.74, 6) is -0.711. The van der Waals surface area contributed by atoms with E-state index < -0.39 is 21.2 Å². The van der Waals surface area contributed by atoms with Gasteiger partial charge in [0.25, 0.3) is 0 Å². The molecule has 132 valence electrons. The summed E-state index contributed by atoms with van der Waals surface area (Å²) < 4.78 is 28.1. The minimum Gasteiger partial charge on any atom is -0.492 e. The van der Waals surface area contributed by atoms with Crippen LogP contribution < -0.4 is 10.1 Å². The Kier molecular flexibility index (Phi) is 5.48. The highest BCUT2D eigenvalue weighted by Crippen LogP contribution is 2.44. The van der Waals surface area contributed by atoms with Crippen LogP contribution in [0.15, 0.2) is 29.2 Å². The molecule has 1 amide bonds. The fourth-order valence-electron chi connectivity index (χ4n) is 2.58. The van der Waals surface area contributed by atoms with E-state index in [-0.39, 0.29) is 30.4 Å². The quantitative estimate of drug-likeness (QED) is 0.679. The van der Waals surface area contributed by atoms with Crippen molar-refractivity contribution in [3.63, 3.8) is 0 Å². The third-order valence-corrected chi connectivity index (χ3v) is 5.34. The number of ether oxygens (including phenoxy) is 1. The first-order valence-electron chi connectivity index (χ1n) is 7.66. The Morgan fingerprint density at radius 1 is 1.25 bits per heavy atom. The van der Waals surface area contributed by atoms with Crippen LogP contribution in [0.3, 0.4) is 0 Å². The van der Waals surface area contributed by atoms with E-state index in [0.717, 1.165) is 12.7 Å². The van der Waals surface area contributed by atoms with Crippen molar-refractivity contribution in [1.82, 2.24) is 5.32 Å². The van der Waals surface area contributed by atoms with E-state index in [1.807, 2.05) is 0 Å². The normalized spacial score (nSPS) is 16.0. The molecule has 0 aliphatic heterocycles. The van der Waals surface area contributed by atoms with Crippen molar-refractivity contribution in [3.8, 4) is 5.75 Å². The van der Waals surface area contributed by atoms with Crippen LogP contribution in [0.25, 0.3) is 0 Å². The number of rotatable bonds is 8. The van der Waals surface area contributed by atoms with Crippen molar-refractivity contribution in [2.45, 2.75) is 30.6 Å². The van der Waals surface area contributed by atoms with Gasteiger partial charge in [0.05, 0.1) is 16.9 Å². The molecule has 2 N–H and O–H groups in total. The van der Waals surface area contributed by atoms with Crippen LogP contribution in [0.1, 0.15) is 25.7 Å². The van der Waals surface area contributed by atoms with Gasteiger partial charge in [-0.25, -0.2) is 8.42 Å². The molecular formula is C16H21NO6S. The smallest absolute Gasteiger partial charge is 0.310 e. The fourth-order valence-corrected chi connectivity index (χ4v) is 3.21. The summed E-state index contributed by atoms with van der Waals surface area (Å²) in [5.41, 5.74) is -0.896. The van der Waals surface area contributed by atoms with E-state index in [2.05, 4.69) is 5.32 Å². The lowest BCUT2D eigenvalue weighted by atomic mass is 9.66. The van der Waals surface area contributed by atoms with E-state index in [1.165, 1.54) is 12.1 Å². The SMILES string of the molecule is CS(=O)(=O)c1ccc(OCCNC(=O)CC2(C(=O)O)CCC2)cc1. The summed E-state index contributed by atoms with van der Waals surface area (Å²) in [6.45, 7) is 0.465. The largest absolute Gasteiger partial charge is 0.492 e. The van der Waals surface area contributed by atoms with Crippen LogP contribution in [0, 0.1) is 5.41 Å². The number of carbonyl (C=O) groups is 2. The van der Waals surface area contributed by atoms with Gasteiger partial charge < -0.3 is 15.2 Å². The maximum Gasteiger partial charge on any atom is 0.310 e. The van der Waals surface area contributed by atoms with Gasteiger partial charge in [-0.2, -0.15) is 0 Å². The predicted molar refractivity (Wildman–Crippen MR) is 86.6 cm³/mol. The van der Waals surface area contributed by atoms with E-state index in [1.54, 1.807) is 12.1 Å². The second kappa shape index (κ2) is 7.21. The monoisotopic (exact) mass is 355 g/mol. The molecule has 8 heteroatoms. The Labute approximate surface area is 140 Å². The Hall–Kier alpha value is -2.09. The first-order valence-corrected chi connectivity index (χ1v) is 9.55. The standard InChI is InChI=1S/C16H21NO6S/c1-24(21,22)13-5-3-12(4-6-13)23-10-9-17-14(18)11-16(15(19)20)7-2-8-16/h3-6H,2,7-11H2,1H3,(H,17,18)(H,19,20). The van der Waals surface area contributed by atoms with E-state index in [0.29, 0.717) is 18.6 Å². The van der Waals surface area contributed by atoms with Crippen LogP contribution in [0.4, 0.5) is 0 Å². The number of amides is 1. The molecule has 1 aromatic rings. The average Bonchev–Trinajstić information content (AvgIpc) is 2.46. The molecule has 0 spiro atoms. The lowest BCUT2D eigenvalue weighted by Crippen LogP contribution is -2.43. The number of aliphatic carboxylic acids is 1. The predicted octanol–water partition coefficient (Wildman–Crippen LogP) is 1.23. The van der Waals surface area contributed by atoms with Gasteiger partial charge in [-0.15, -0.1) is 0 Å². The number of nitrogens with one attached hydrogen (secondary N) is 1. The summed E-state index contributed by atoms with van der Waals surface area (Å²) in [4.78, 5) is 23.2. The van der Waals surface area contributed by atoms with Gasteiger partial charge in [0.2, 0.25) is 5.91 Å². The third kappa shape index (κ3) is 4.47. The van der Waals surface area contributed by atoms with Crippen molar-refractivity contribution in [2.75, 3.05) is 19.4 Å². The number of carboxylic acid groups (broad SMARTS) is 1. The molecular weight excluding hydrogens is 334 g/mol. The minimum absolute atomic E-state index is 0.00854. The fraction of sp³-hybridized carbons (Fsp3) is 0.500. The Balaban J connectivity index is 1.73. The third-order valence-electron chi connectivity index (χ3n) is 4.21. The second-order valence-corrected chi connectivity index (χ2v) is 8.07. The molecule has 7 nitrogen and oxygen atoms in total. The lowest BCUT2D eigenvalue weighted by molar-refractivity contribution is -0.157. The molecule has 0 atom stereocenters. The Bertz CT molecular complexity index is 707. The summed E-state index contributed by atoms with van der Waals surface area (Å²) in [6.07, 6.45) is 3.04. The van der Waals surface area contributed by atoms with Crippen LogP contribution in [0.2, 0.25) is 0 Å². The minimum atomic E-state index is -3.24. The number of hydrogen-bond acceptors (Lipinski definition) is 5. The first-order chi connectivity index (χ1) is 11.2. The summed E-state index contributed by atoms with van der Waals surface area (Å²) in [7, 11) is -3.24. The van der Waals surface area contributed by atoms with E-state index in [4.69, 9.17) is 4.74 Å². The molecule has 1 fully saturated rings. The average molecular weight is 355 g/mol. The first kappa shape index (κ1) is 18.3. The van der Waals surface area contributed by atoms with Gasteiger partial charge in [-0.3, -0.25) is 9.59 Å². The number of benzene rings is 1. The molecule has 24 heavy (non-hydrogen) atoms. The van der Waals surface area contributed by atoms with Crippen LogP contribution in [-0.4, -0.2) is 44.8 Å². The van der Waals surface area contributed by atoms with E-state index >= 15 is 0 Å². The van der Waals surface area contributed by atoms with Crippen LogP contribution in [0.5, 0.6) is 5.75 Å². The van der Waals surface area contributed by atoms with Crippen molar-refractivity contribution < 1.29 is 27.9 Å². The van der Waals surface area contributed by atoms with E-state index in [9.17, 15) is 23.1 Å². The van der Waals surface area contributed by atoms with Crippen LogP contribution >= 0.6 is 0 Å². The summed E-state index contributed by atoms with van der Waals surface area (Å²) in [6, 6.07) is 6.00. The molecule has 0 saturated heterocycles. The molecule has 1 aliphatic carbocycles. The number of sulfone groups is 1. The Morgan fingerprint density at radius 3 is 2.33 bits per heavy atom.